The summed E-state index contributed by atoms with van der Waals surface area (Å²) in [5, 5.41) is 6.62. The summed E-state index contributed by atoms with van der Waals surface area (Å²) in [5.74, 6) is 0.800. The second kappa shape index (κ2) is 11.4. The lowest BCUT2D eigenvalue weighted by atomic mass is 10.0. The standard InChI is InChI=1S/C17H26N4O.HI/c1-3-9-19-17(18-2)20-14-16(15-7-5-4-6-8-15)21-10-12-22-13-11-21;/h3-8,16H,1,9-14H2,2H3,(H2,18,19,20);1H. The van der Waals surface area contributed by atoms with E-state index in [0.717, 1.165) is 38.8 Å². The highest BCUT2D eigenvalue weighted by Gasteiger charge is 2.22. The topological polar surface area (TPSA) is 48.9 Å². The van der Waals surface area contributed by atoms with Gasteiger partial charge in [0.1, 0.15) is 0 Å². The van der Waals surface area contributed by atoms with Crippen LogP contribution in [-0.4, -0.2) is 57.3 Å². The van der Waals surface area contributed by atoms with Crippen LogP contribution in [0.4, 0.5) is 0 Å². The number of halogens is 1. The number of guanidine groups is 1. The predicted molar refractivity (Wildman–Crippen MR) is 107 cm³/mol. The number of ether oxygens (including phenoxy) is 1. The smallest absolute Gasteiger partial charge is 0.191 e. The molecule has 2 rings (SSSR count). The lowest BCUT2D eigenvalue weighted by Gasteiger charge is -2.35. The molecular formula is C17H27IN4O. The van der Waals surface area contributed by atoms with Gasteiger partial charge in [-0.3, -0.25) is 9.89 Å². The van der Waals surface area contributed by atoms with Gasteiger partial charge in [-0.2, -0.15) is 0 Å². The molecule has 1 aromatic rings. The van der Waals surface area contributed by atoms with Crippen LogP contribution in [0.1, 0.15) is 11.6 Å². The van der Waals surface area contributed by atoms with Crippen molar-refractivity contribution in [1.29, 1.82) is 0 Å². The first-order valence-corrected chi connectivity index (χ1v) is 7.77. The predicted octanol–water partition coefficient (Wildman–Crippen LogP) is 2.03. The molecule has 1 atom stereocenters. The van der Waals surface area contributed by atoms with Gasteiger partial charge in [-0.1, -0.05) is 36.4 Å². The Kier molecular flexibility index (Phi) is 9.89. The van der Waals surface area contributed by atoms with E-state index in [0.29, 0.717) is 12.6 Å². The molecule has 1 fully saturated rings. The number of hydrogen-bond donors (Lipinski definition) is 2. The van der Waals surface area contributed by atoms with Gasteiger partial charge in [0.05, 0.1) is 19.3 Å². The van der Waals surface area contributed by atoms with Crippen molar-refractivity contribution in [2.24, 2.45) is 4.99 Å². The average molecular weight is 430 g/mol. The summed E-state index contributed by atoms with van der Waals surface area (Å²) in [5.41, 5.74) is 1.32. The second-order valence-corrected chi connectivity index (χ2v) is 5.20. The fourth-order valence-corrected chi connectivity index (χ4v) is 2.60. The molecule has 1 saturated heterocycles. The lowest BCUT2D eigenvalue weighted by molar-refractivity contribution is 0.0170. The number of nitrogens with one attached hydrogen (secondary N) is 2. The minimum absolute atomic E-state index is 0. The van der Waals surface area contributed by atoms with Crippen molar-refractivity contribution >= 4 is 29.9 Å². The third-order valence-corrected chi connectivity index (χ3v) is 3.77. The molecule has 0 bridgehead atoms. The summed E-state index contributed by atoms with van der Waals surface area (Å²) < 4.78 is 5.48. The Bertz CT molecular complexity index is 475. The van der Waals surface area contributed by atoms with E-state index in [4.69, 9.17) is 4.74 Å². The van der Waals surface area contributed by atoms with Gasteiger partial charge in [0, 0.05) is 33.2 Å². The fourth-order valence-electron chi connectivity index (χ4n) is 2.60. The summed E-state index contributed by atoms with van der Waals surface area (Å²) in [6, 6.07) is 10.9. The zero-order valence-electron chi connectivity index (χ0n) is 13.7. The van der Waals surface area contributed by atoms with Gasteiger partial charge >= 0.3 is 0 Å². The average Bonchev–Trinajstić information content (AvgIpc) is 2.59. The molecule has 1 aliphatic rings. The van der Waals surface area contributed by atoms with Crippen LogP contribution in [0.2, 0.25) is 0 Å². The molecule has 0 aliphatic carbocycles. The van der Waals surface area contributed by atoms with E-state index in [1.165, 1.54) is 5.56 Å². The molecule has 0 saturated carbocycles. The molecule has 0 aromatic heterocycles. The van der Waals surface area contributed by atoms with Gasteiger partial charge in [-0.25, -0.2) is 0 Å². The van der Waals surface area contributed by atoms with Crippen molar-refractivity contribution in [1.82, 2.24) is 15.5 Å². The maximum absolute atomic E-state index is 5.48. The Labute approximate surface area is 156 Å². The van der Waals surface area contributed by atoms with Gasteiger partial charge < -0.3 is 15.4 Å². The number of nitrogens with zero attached hydrogens (tertiary/aromatic N) is 2. The summed E-state index contributed by atoms with van der Waals surface area (Å²) in [7, 11) is 1.78. The van der Waals surface area contributed by atoms with E-state index in [9.17, 15) is 0 Å². The first-order chi connectivity index (χ1) is 10.8. The van der Waals surface area contributed by atoms with Crippen LogP contribution in [-0.2, 0) is 4.74 Å². The van der Waals surface area contributed by atoms with Crippen molar-refractivity contribution in [2.75, 3.05) is 46.4 Å². The van der Waals surface area contributed by atoms with Gasteiger partial charge in [0.2, 0.25) is 0 Å². The summed E-state index contributed by atoms with van der Waals surface area (Å²) in [6.45, 7) is 8.74. The zero-order valence-corrected chi connectivity index (χ0v) is 16.0. The number of benzene rings is 1. The van der Waals surface area contributed by atoms with Crippen LogP contribution in [0.3, 0.4) is 0 Å². The molecule has 128 valence electrons. The quantitative estimate of drug-likeness (QED) is 0.314. The Morgan fingerprint density at radius 1 is 1.30 bits per heavy atom. The van der Waals surface area contributed by atoms with E-state index in [1.54, 1.807) is 7.05 Å². The van der Waals surface area contributed by atoms with Crippen LogP contribution < -0.4 is 10.6 Å². The van der Waals surface area contributed by atoms with Gasteiger partial charge in [0.25, 0.3) is 0 Å². The maximum atomic E-state index is 5.48. The highest BCUT2D eigenvalue weighted by atomic mass is 127. The molecule has 5 nitrogen and oxygen atoms in total. The monoisotopic (exact) mass is 430 g/mol. The Morgan fingerprint density at radius 3 is 2.61 bits per heavy atom. The normalized spacial score (nSPS) is 17.0. The largest absolute Gasteiger partial charge is 0.379 e. The van der Waals surface area contributed by atoms with E-state index >= 15 is 0 Å². The van der Waals surface area contributed by atoms with Crippen molar-refractivity contribution in [2.45, 2.75) is 6.04 Å². The van der Waals surface area contributed by atoms with Crippen molar-refractivity contribution < 1.29 is 4.74 Å². The SMILES string of the molecule is C=CCNC(=NC)NCC(c1ccccc1)N1CCOCC1.I. The third-order valence-electron chi connectivity index (χ3n) is 3.77. The number of aliphatic imine (C=N–C) groups is 1. The Morgan fingerprint density at radius 2 is 2.00 bits per heavy atom. The molecule has 6 heteroatoms. The number of hydrogen-bond acceptors (Lipinski definition) is 3. The molecular weight excluding hydrogens is 403 g/mol. The van der Waals surface area contributed by atoms with Crippen LogP contribution >= 0.6 is 24.0 Å². The zero-order chi connectivity index (χ0) is 15.6. The fraction of sp³-hybridized carbons (Fsp3) is 0.471. The van der Waals surface area contributed by atoms with Crippen LogP contribution in [0.15, 0.2) is 48.0 Å². The lowest BCUT2D eigenvalue weighted by Crippen LogP contribution is -2.46. The highest BCUT2D eigenvalue weighted by molar-refractivity contribution is 14.0. The summed E-state index contributed by atoms with van der Waals surface area (Å²) in [4.78, 5) is 6.70. The van der Waals surface area contributed by atoms with E-state index in [1.807, 2.05) is 6.08 Å². The van der Waals surface area contributed by atoms with Crippen molar-refractivity contribution in [3.05, 3.63) is 48.6 Å². The molecule has 1 aliphatic heterocycles. The minimum atomic E-state index is 0. The van der Waals surface area contributed by atoms with Gasteiger partial charge in [-0.15, -0.1) is 30.6 Å². The molecule has 0 radical (unpaired) electrons. The first kappa shape index (κ1) is 19.9. The number of morpholine rings is 1. The van der Waals surface area contributed by atoms with Gasteiger partial charge in [-0.05, 0) is 5.56 Å². The molecule has 1 heterocycles. The summed E-state index contributed by atoms with van der Waals surface area (Å²) >= 11 is 0. The van der Waals surface area contributed by atoms with Crippen molar-refractivity contribution in [3.63, 3.8) is 0 Å². The minimum Gasteiger partial charge on any atom is -0.379 e. The third kappa shape index (κ3) is 6.48. The molecule has 1 unspecified atom stereocenters. The maximum Gasteiger partial charge on any atom is 0.191 e. The highest BCUT2D eigenvalue weighted by Crippen LogP contribution is 2.20. The molecule has 1 aromatic carbocycles. The van der Waals surface area contributed by atoms with Crippen LogP contribution in [0.25, 0.3) is 0 Å². The van der Waals surface area contributed by atoms with Crippen LogP contribution in [0, 0.1) is 0 Å². The molecule has 2 N–H and O–H groups in total. The number of rotatable bonds is 6. The van der Waals surface area contributed by atoms with Crippen LogP contribution in [0.5, 0.6) is 0 Å². The Balaban J connectivity index is 0.00000264. The van der Waals surface area contributed by atoms with E-state index < -0.39 is 0 Å². The van der Waals surface area contributed by atoms with E-state index in [-0.39, 0.29) is 24.0 Å². The van der Waals surface area contributed by atoms with Gasteiger partial charge in [0.15, 0.2) is 5.96 Å². The molecule has 0 amide bonds. The molecule has 23 heavy (non-hydrogen) atoms. The Hall–Kier alpha value is -1.12. The summed E-state index contributed by atoms with van der Waals surface area (Å²) in [6.07, 6.45) is 1.82. The second-order valence-electron chi connectivity index (χ2n) is 5.20. The van der Waals surface area contributed by atoms with Crippen molar-refractivity contribution in [3.8, 4) is 0 Å². The van der Waals surface area contributed by atoms with E-state index in [2.05, 4.69) is 57.4 Å². The first-order valence-electron chi connectivity index (χ1n) is 7.77. The molecule has 0 spiro atoms.